The Morgan fingerprint density at radius 2 is 1.58 bits per heavy atom. The van der Waals surface area contributed by atoms with E-state index in [0.29, 0.717) is 6.61 Å². The van der Waals surface area contributed by atoms with Gasteiger partial charge in [-0.25, -0.2) is 0 Å². The molecule has 0 N–H and O–H groups in total. The van der Waals surface area contributed by atoms with E-state index in [0.717, 1.165) is 11.1 Å². The largest absolute Gasteiger partial charge is 0.369 e. The van der Waals surface area contributed by atoms with E-state index < -0.39 is 0 Å². The number of hydrogen-bond acceptors (Lipinski definition) is 2. The van der Waals surface area contributed by atoms with Crippen LogP contribution in [0.3, 0.4) is 0 Å². The summed E-state index contributed by atoms with van der Waals surface area (Å²) in [5.41, 5.74) is 2.08. The van der Waals surface area contributed by atoms with Crippen molar-refractivity contribution in [2.24, 2.45) is 0 Å². The Morgan fingerprint density at radius 3 is 2.26 bits per heavy atom. The highest BCUT2D eigenvalue weighted by Crippen LogP contribution is 2.02. The molecule has 19 heavy (non-hydrogen) atoms. The summed E-state index contributed by atoms with van der Waals surface area (Å²) in [6, 6.07) is 19.6. The first-order valence-corrected chi connectivity index (χ1v) is 6.22. The SMILES string of the molecule is O=C(/C=C/c1ccccc1)COCc1ccccc1. The number of ether oxygens (including phenoxy) is 1. The number of carbonyl (C=O) groups excluding carboxylic acids is 1. The van der Waals surface area contributed by atoms with E-state index in [1.54, 1.807) is 12.2 Å². The minimum absolute atomic E-state index is 0.0280. The summed E-state index contributed by atoms with van der Waals surface area (Å²) in [6.45, 7) is 0.573. The minimum atomic E-state index is -0.0280. The predicted molar refractivity (Wildman–Crippen MR) is 76.6 cm³/mol. The van der Waals surface area contributed by atoms with Crippen LogP contribution in [0.1, 0.15) is 11.1 Å². The molecule has 0 spiro atoms. The second-order valence-electron chi connectivity index (χ2n) is 4.19. The maximum atomic E-state index is 11.6. The van der Waals surface area contributed by atoms with Crippen LogP contribution in [0, 0.1) is 0 Å². The van der Waals surface area contributed by atoms with Crippen molar-refractivity contribution >= 4 is 11.9 Å². The van der Waals surface area contributed by atoms with E-state index in [1.807, 2.05) is 60.7 Å². The molecule has 96 valence electrons. The molecule has 0 atom stereocenters. The first-order valence-electron chi connectivity index (χ1n) is 6.22. The molecule has 2 rings (SSSR count). The van der Waals surface area contributed by atoms with Crippen LogP contribution >= 0.6 is 0 Å². The molecule has 0 aliphatic heterocycles. The summed E-state index contributed by atoms with van der Waals surface area (Å²) < 4.78 is 5.37. The van der Waals surface area contributed by atoms with Gasteiger partial charge in [0.05, 0.1) is 6.61 Å². The Hall–Kier alpha value is -2.19. The Morgan fingerprint density at radius 1 is 0.947 bits per heavy atom. The van der Waals surface area contributed by atoms with E-state index in [2.05, 4.69) is 0 Å². The molecule has 0 saturated carbocycles. The van der Waals surface area contributed by atoms with E-state index in [4.69, 9.17) is 4.74 Å². The van der Waals surface area contributed by atoms with Gasteiger partial charge in [0.1, 0.15) is 6.61 Å². The van der Waals surface area contributed by atoms with Gasteiger partial charge in [-0.2, -0.15) is 0 Å². The number of benzene rings is 2. The average Bonchev–Trinajstić information content (AvgIpc) is 2.47. The lowest BCUT2D eigenvalue weighted by atomic mass is 10.2. The van der Waals surface area contributed by atoms with Crippen molar-refractivity contribution in [2.45, 2.75) is 6.61 Å². The molecule has 0 fully saturated rings. The molecule has 0 aliphatic rings. The summed E-state index contributed by atoms with van der Waals surface area (Å²) in [4.78, 5) is 11.6. The Balaban J connectivity index is 1.75. The van der Waals surface area contributed by atoms with Gasteiger partial charge in [-0.1, -0.05) is 66.7 Å². The van der Waals surface area contributed by atoms with Crippen molar-refractivity contribution in [1.29, 1.82) is 0 Å². The fourth-order valence-electron chi connectivity index (χ4n) is 1.65. The molecule has 2 nitrogen and oxygen atoms in total. The van der Waals surface area contributed by atoms with Crippen molar-refractivity contribution in [3.8, 4) is 0 Å². The summed E-state index contributed by atoms with van der Waals surface area (Å²) in [5.74, 6) is -0.0280. The van der Waals surface area contributed by atoms with Gasteiger partial charge in [0.25, 0.3) is 0 Å². The number of ketones is 1. The quantitative estimate of drug-likeness (QED) is 0.736. The lowest BCUT2D eigenvalue weighted by Crippen LogP contribution is -2.05. The maximum absolute atomic E-state index is 11.6. The van der Waals surface area contributed by atoms with Gasteiger partial charge in [0.15, 0.2) is 5.78 Å². The molecule has 0 aliphatic carbocycles. The van der Waals surface area contributed by atoms with Crippen molar-refractivity contribution in [3.05, 3.63) is 77.9 Å². The molecule has 2 aromatic carbocycles. The number of hydrogen-bond donors (Lipinski definition) is 0. The van der Waals surface area contributed by atoms with Gasteiger partial charge in [-0.15, -0.1) is 0 Å². The standard InChI is InChI=1S/C17H16O2/c18-17(12-11-15-7-3-1-4-8-15)14-19-13-16-9-5-2-6-10-16/h1-12H,13-14H2/b12-11+. The molecule has 0 aromatic heterocycles. The molecular formula is C17H16O2. The fraction of sp³-hybridized carbons (Fsp3) is 0.118. The fourth-order valence-corrected chi connectivity index (χ4v) is 1.65. The van der Waals surface area contributed by atoms with Crippen LogP contribution in [0.2, 0.25) is 0 Å². The highest BCUT2D eigenvalue weighted by atomic mass is 16.5. The van der Waals surface area contributed by atoms with Gasteiger partial charge >= 0.3 is 0 Å². The molecule has 0 bridgehead atoms. The van der Waals surface area contributed by atoms with E-state index in [9.17, 15) is 4.79 Å². The number of carbonyl (C=O) groups is 1. The molecule has 0 heterocycles. The van der Waals surface area contributed by atoms with Crippen molar-refractivity contribution < 1.29 is 9.53 Å². The van der Waals surface area contributed by atoms with Crippen LogP contribution in [-0.2, 0) is 16.1 Å². The lowest BCUT2D eigenvalue weighted by Gasteiger charge is -2.01. The Labute approximate surface area is 113 Å². The predicted octanol–water partition coefficient (Wildman–Crippen LogP) is 3.49. The first kappa shape index (κ1) is 13.2. The topological polar surface area (TPSA) is 26.3 Å². The van der Waals surface area contributed by atoms with E-state index in [-0.39, 0.29) is 12.4 Å². The highest BCUT2D eigenvalue weighted by Gasteiger charge is 1.97. The van der Waals surface area contributed by atoms with Crippen LogP contribution in [0.15, 0.2) is 66.7 Å². The normalized spacial score (nSPS) is 10.7. The van der Waals surface area contributed by atoms with Crippen LogP contribution in [0.4, 0.5) is 0 Å². The van der Waals surface area contributed by atoms with E-state index >= 15 is 0 Å². The van der Waals surface area contributed by atoms with Crippen LogP contribution in [0.5, 0.6) is 0 Å². The van der Waals surface area contributed by atoms with Crippen LogP contribution in [-0.4, -0.2) is 12.4 Å². The van der Waals surface area contributed by atoms with Gasteiger partial charge in [-0.3, -0.25) is 4.79 Å². The monoisotopic (exact) mass is 252 g/mol. The maximum Gasteiger partial charge on any atom is 0.181 e. The third-order valence-corrected chi connectivity index (χ3v) is 2.62. The smallest absolute Gasteiger partial charge is 0.181 e. The molecule has 0 unspecified atom stereocenters. The van der Waals surface area contributed by atoms with Gasteiger partial charge < -0.3 is 4.74 Å². The number of rotatable bonds is 6. The third-order valence-electron chi connectivity index (χ3n) is 2.62. The van der Waals surface area contributed by atoms with Crippen LogP contribution in [0.25, 0.3) is 6.08 Å². The molecule has 2 heteroatoms. The molecule has 0 saturated heterocycles. The van der Waals surface area contributed by atoms with Crippen molar-refractivity contribution in [3.63, 3.8) is 0 Å². The van der Waals surface area contributed by atoms with Crippen molar-refractivity contribution in [2.75, 3.05) is 6.61 Å². The zero-order valence-corrected chi connectivity index (χ0v) is 10.7. The van der Waals surface area contributed by atoms with E-state index in [1.165, 1.54) is 0 Å². The lowest BCUT2D eigenvalue weighted by molar-refractivity contribution is -0.119. The second kappa shape index (κ2) is 7.29. The summed E-state index contributed by atoms with van der Waals surface area (Å²) in [6.07, 6.45) is 3.36. The molecule has 0 amide bonds. The van der Waals surface area contributed by atoms with Gasteiger partial charge in [0, 0.05) is 0 Å². The van der Waals surface area contributed by atoms with Crippen LogP contribution < -0.4 is 0 Å². The second-order valence-corrected chi connectivity index (χ2v) is 4.19. The Bertz CT molecular complexity index is 530. The summed E-state index contributed by atoms with van der Waals surface area (Å²) >= 11 is 0. The van der Waals surface area contributed by atoms with Gasteiger partial charge in [-0.05, 0) is 17.2 Å². The van der Waals surface area contributed by atoms with Crippen molar-refractivity contribution in [1.82, 2.24) is 0 Å². The molecule has 0 radical (unpaired) electrons. The first-order chi connectivity index (χ1) is 9.34. The molecule has 2 aromatic rings. The Kier molecular flexibility index (Phi) is 5.08. The third kappa shape index (κ3) is 4.90. The van der Waals surface area contributed by atoms with Gasteiger partial charge in [0.2, 0.25) is 0 Å². The molecular weight excluding hydrogens is 236 g/mol. The summed E-state index contributed by atoms with van der Waals surface area (Å²) in [5, 5.41) is 0. The average molecular weight is 252 g/mol. The zero-order valence-electron chi connectivity index (χ0n) is 10.7. The minimum Gasteiger partial charge on any atom is -0.369 e. The zero-order chi connectivity index (χ0) is 13.3. The summed E-state index contributed by atoms with van der Waals surface area (Å²) in [7, 11) is 0. The highest BCUT2D eigenvalue weighted by molar-refractivity contribution is 5.94.